The molecule has 0 fully saturated rings. The van der Waals surface area contributed by atoms with Crippen LogP contribution < -0.4 is 4.52 Å². The highest BCUT2D eigenvalue weighted by molar-refractivity contribution is 7.72. The number of nitrogens with one attached hydrogen (secondary N) is 1. The summed E-state index contributed by atoms with van der Waals surface area (Å²) in [6, 6.07) is 14.1. The molecule has 1 N–H and O–H groups in total. The van der Waals surface area contributed by atoms with E-state index in [0.29, 0.717) is 0 Å². The van der Waals surface area contributed by atoms with E-state index in [1.54, 1.807) is 0 Å². The fraction of sp³-hybridized carbons (Fsp3) is 0. The number of aromatic amines is 1. The molecule has 3 rings (SSSR count). The minimum Gasteiger partial charge on any atom is -0.159 e. The van der Waals surface area contributed by atoms with Crippen LogP contribution in [0.1, 0.15) is 0 Å². The summed E-state index contributed by atoms with van der Waals surface area (Å²) in [5.74, 6) is 0. The number of rotatable bonds is 0. The lowest BCUT2D eigenvalue weighted by Crippen LogP contribution is -2.26. The predicted octanol–water partition coefficient (Wildman–Crippen LogP) is 2.64. The third-order valence-corrected chi connectivity index (χ3v) is 2.93. The lowest BCUT2D eigenvalue weighted by Gasteiger charge is -1.96. The number of benzene rings is 1. The van der Waals surface area contributed by atoms with Gasteiger partial charge in [0.1, 0.15) is 10.0 Å². The first kappa shape index (κ1) is 8.56. The van der Waals surface area contributed by atoms with Crippen molar-refractivity contribution in [3.63, 3.8) is 0 Å². The fourth-order valence-electron chi connectivity index (χ4n) is 1.77. The van der Waals surface area contributed by atoms with Crippen LogP contribution in [0.2, 0.25) is 0 Å². The highest BCUT2D eigenvalue weighted by Crippen LogP contribution is 2.13. The van der Waals surface area contributed by atoms with Crippen molar-refractivity contribution in [1.82, 2.24) is 5.10 Å². The van der Waals surface area contributed by atoms with E-state index in [1.807, 2.05) is 53.2 Å². The second kappa shape index (κ2) is 3.14. The molecule has 15 heavy (non-hydrogen) atoms. The van der Waals surface area contributed by atoms with Gasteiger partial charge in [0.05, 0.1) is 0 Å². The minimum atomic E-state index is 0.893. The number of fused-ring (bicyclic) bond motifs is 2. The Labute approximate surface area is 91.8 Å². The molecule has 0 aliphatic carbocycles. The number of hydrogen-bond acceptors (Lipinski definition) is 1. The van der Waals surface area contributed by atoms with Gasteiger partial charge in [-0.15, -0.1) is 0 Å². The third kappa shape index (κ3) is 1.24. The Morgan fingerprint density at radius 2 is 1.80 bits per heavy atom. The Morgan fingerprint density at radius 1 is 1.00 bits per heavy atom. The maximum absolute atomic E-state index is 5.45. The lowest BCUT2D eigenvalue weighted by atomic mass is 10.2. The summed E-state index contributed by atoms with van der Waals surface area (Å²) >= 11 is 5.45. The Balaban J connectivity index is 2.66. The minimum absolute atomic E-state index is 0.893. The number of para-hydroxylation sites is 1. The summed E-state index contributed by atoms with van der Waals surface area (Å²) in [6.07, 6.45) is 1.97. The van der Waals surface area contributed by atoms with Crippen LogP contribution in [-0.2, 0) is 0 Å². The summed E-state index contributed by atoms with van der Waals surface area (Å²) in [7, 11) is 0. The van der Waals surface area contributed by atoms with Gasteiger partial charge in [-0.1, -0.05) is 34.9 Å². The van der Waals surface area contributed by atoms with E-state index in [2.05, 4.69) is 5.10 Å². The molecule has 0 unspecified atom stereocenters. The lowest BCUT2D eigenvalue weighted by molar-refractivity contribution is -0.578. The second-order valence-corrected chi connectivity index (χ2v) is 3.85. The standard InChI is InChI=1S/C12H8N2S/c15-12-9-5-1-2-6-10(9)13-14-8-4-3-7-11(12)14/h1-8H/p+1. The molecule has 0 atom stereocenters. The van der Waals surface area contributed by atoms with Gasteiger partial charge in [0.15, 0.2) is 0 Å². The number of hydrogen-bond donors (Lipinski definition) is 1. The SMILES string of the molecule is S=c1c2ccccc2[nH][n+]2ccccc12. The summed E-state index contributed by atoms with van der Waals surface area (Å²) in [5.41, 5.74) is 2.09. The van der Waals surface area contributed by atoms with Crippen LogP contribution in [0, 0.1) is 4.51 Å². The van der Waals surface area contributed by atoms with Crippen LogP contribution in [0.4, 0.5) is 0 Å². The molecule has 0 aliphatic rings. The molecule has 0 amide bonds. The fourth-order valence-corrected chi connectivity index (χ4v) is 2.12. The van der Waals surface area contributed by atoms with Gasteiger partial charge in [0.25, 0.3) is 5.52 Å². The van der Waals surface area contributed by atoms with Crippen LogP contribution in [0.3, 0.4) is 0 Å². The number of pyridine rings is 1. The third-order valence-electron chi connectivity index (χ3n) is 2.51. The van der Waals surface area contributed by atoms with Crippen LogP contribution in [-0.4, -0.2) is 5.10 Å². The van der Waals surface area contributed by atoms with E-state index >= 15 is 0 Å². The summed E-state index contributed by atoms with van der Waals surface area (Å²) < 4.78 is 2.84. The Bertz CT molecular complexity index is 643. The predicted molar refractivity (Wildman–Crippen MR) is 62.3 cm³/mol. The van der Waals surface area contributed by atoms with Crippen molar-refractivity contribution in [2.75, 3.05) is 0 Å². The van der Waals surface area contributed by atoms with Crippen molar-refractivity contribution in [2.24, 2.45) is 0 Å². The molecule has 0 aliphatic heterocycles. The zero-order valence-electron chi connectivity index (χ0n) is 7.97. The molecule has 0 radical (unpaired) electrons. The maximum Gasteiger partial charge on any atom is 0.254 e. The quantitative estimate of drug-likeness (QED) is 0.346. The molecule has 3 aromatic rings. The van der Waals surface area contributed by atoms with E-state index in [4.69, 9.17) is 12.2 Å². The maximum atomic E-state index is 5.45. The first-order valence-corrected chi connectivity index (χ1v) is 5.18. The van der Waals surface area contributed by atoms with Gasteiger partial charge in [-0.25, -0.2) is 0 Å². The highest BCUT2D eigenvalue weighted by atomic mass is 32.1. The van der Waals surface area contributed by atoms with Gasteiger partial charge in [-0.05, 0) is 12.1 Å². The van der Waals surface area contributed by atoms with Crippen molar-refractivity contribution in [1.29, 1.82) is 0 Å². The largest absolute Gasteiger partial charge is 0.254 e. The average Bonchev–Trinajstić information content (AvgIpc) is 2.30. The molecule has 0 bridgehead atoms. The average molecular weight is 213 g/mol. The molecular weight excluding hydrogens is 204 g/mol. The van der Waals surface area contributed by atoms with Crippen molar-refractivity contribution >= 4 is 28.6 Å². The van der Waals surface area contributed by atoms with Crippen LogP contribution in [0.25, 0.3) is 16.4 Å². The first-order chi connectivity index (χ1) is 7.36. The molecule has 0 spiro atoms. The molecule has 3 heteroatoms. The molecule has 1 aromatic carbocycles. The van der Waals surface area contributed by atoms with Gasteiger partial charge in [-0.3, -0.25) is 0 Å². The zero-order chi connectivity index (χ0) is 10.3. The van der Waals surface area contributed by atoms with Crippen molar-refractivity contribution in [3.05, 3.63) is 53.2 Å². The van der Waals surface area contributed by atoms with Crippen molar-refractivity contribution in [3.8, 4) is 0 Å². The molecule has 2 aromatic heterocycles. The van der Waals surface area contributed by atoms with Crippen molar-refractivity contribution < 1.29 is 4.52 Å². The highest BCUT2D eigenvalue weighted by Gasteiger charge is 2.06. The summed E-state index contributed by atoms with van der Waals surface area (Å²) in [4.78, 5) is 0. The smallest absolute Gasteiger partial charge is 0.159 e. The zero-order valence-corrected chi connectivity index (χ0v) is 8.79. The van der Waals surface area contributed by atoms with Crippen molar-refractivity contribution in [2.45, 2.75) is 0 Å². The molecule has 2 nitrogen and oxygen atoms in total. The van der Waals surface area contributed by atoms with Crippen LogP contribution in [0.15, 0.2) is 48.7 Å². The Hall–Kier alpha value is -1.74. The van der Waals surface area contributed by atoms with E-state index in [0.717, 1.165) is 20.9 Å². The van der Waals surface area contributed by atoms with E-state index in [9.17, 15) is 0 Å². The topological polar surface area (TPSA) is 19.9 Å². The van der Waals surface area contributed by atoms with Gasteiger partial charge >= 0.3 is 0 Å². The van der Waals surface area contributed by atoms with Gasteiger partial charge in [-0.2, -0.15) is 5.10 Å². The number of H-pyrrole nitrogens is 1. The van der Waals surface area contributed by atoms with Gasteiger partial charge < -0.3 is 0 Å². The van der Waals surface area contributed by atoms with Crippen LogP contribution >= 0.6 is 12.2 Å². The van der Waals surface area contributed by atoms with Crippen LogP contribution in [0.5, 0.6) is 0 Å². The monoisotopic (exact) mass is 213 g/mol. The first-order valence-electron chi connectivity index (χ1n) is 4.78. The Kier molecular flexibility index (Phi) is 1.79. The summed E-state index contributed by atoms with van der Waals surface area (Å²) in [6.45, 7) is 0. The van der Waals surface area contributed by atoms with Gasteiger partial charge in [0, 0.05) is 17.5 Å². The van der Waals surface area contributed by atoms with E-state index < -0.39 is 0 Å². The molecule has 0 saturated carbocycles. The number of nitrogens with zero attached hydrogens (tertiary/aromatic N) is 1. The summed E-state index contributed by atoms with van der Waals surface area (Å²) in [5, 5.41) is 4.40. The van der Waals surface area contributed by atoms with E-state index in [-0.39, 0.29) is 0 Å². The molecule has 2 heterocycles. The molecular formula is C12H9N2S+. The number of aromatic nitrogens is 2. The van der Waals surface area contributed by atoms with Gasteiger partial charge in [0.2, 0.25) is 6.20 Å². The normalized spacial score (nSPS) is 10.9. The molecule has 72 valence electrons. The van der Waals surface area contributed by atoms with E-state index in [1.165, 1.54) is 0 Å². The Morgan fingerprint density at radius 3 is 2.73 bits per heavy atom. The second-order valence-electron chi connectivity index (χ2n) is 3.44. The molecule has 0 saturated heterocycles.